The van der Waals surface area contributed by atoms with Crippen LogP contribution in [0, 0.1) is 12.8 Å². The Hall–Kier alpha value is -2.83. The van der Waals surface area contributed by atoms with Crippen LogP contribution < -0.4 is 16.0 Å². The lowest BCUT2D eigenvalue weighted by atomic mass is 10.0. The molecule has 134 valence electrons. The Balaban J connectivity index is 2.27. The molecule has 1 aromatic heterocycles. The highest BCUT2D eigenvalue weighted by molar-refractivity contribution is 5.87. The van der Waals surface area contributed by atoms with Crippen molar-refractivity contribution >= 4 is 22.8 Å². The number of hydrogen-bond donors (Lipinski definition) is 2. The van der Waals surface area contributed by atoms with Gasteiger partial charge >= 0.3 is 5.63 Å². The summed E-state index contributed by atoms with van der Waals surface area (Å²) in [6.45, 7) is 5.34. The topological polar surface area (TPSA) is 120 Å². The zero-order valence-corrected chi connectivity index (χ0v) is 14.3. The van der Waals surface area contributed by atoms with Gasteiger partial charge in [-0.2, -0.15) is 0 Å². The van der Waals surface area contributed by atoms with Gasteiger partial charge in [-0.05, 0) is 37.0 Å². The van der Waals surface area contributed by atoms with Crippen LogP contribution in [0.3, 0.4) is 0 Å². The Morgan fingerprint density at radius 3 is 2.60 bits per heavy atom. The molecule has 1 heterocycles. The van der Waals surface area contributed by atoms with E-state index < -0.39 is 23.5 Å². The second-order valence-corrected chi connectivity index (χ2v) is 6.42. The molecule has 0 bridgehead atoms. The molecule has 1 atom stereocenters. The molecule has 2 aromatic rings. The van der Waals surface area contributed by atoms with E-state index in [1.54, 1.807) is 13.0 Å². The molecule has 25 heavy (non-hydrogen) atoms. The van der Waals surface area contributed by atoms with Gasteiger partial charge in [-0.3, -0.25) is 4.79 Å². The van der Waals surface area contributed by atoms with Crippen LogP contribution >= 0.6 is 0 Å². The van der Waals surface area contributed by atoms with Gasteiger partial charge in [0.15, 0.2) is 0 Å². The molecular weight excluding hydrogens is 326 g/mol. The van der Waals surface area contributed by atoms with Crippen LogP contribution in [0.4, 0.5) is 0 Å². The van der Waals surface area contributed by atoms with Crippen molar-refractivity contribution in [2.75, 3.05) is 0 Å². The number of carboxylic acid groups (broad SMARTS) is 1. The Labute approximate surface area is 144 Å². The molecule has 0 fully saturated rings. The normalized spacial score (nSPS) is 12.3. The number of aromatic hydroxyl groups is 1. The summed E-state index contributed by atoms with van der Waals surface area (Å²) in [7, 11) is 0. The first-order valence-corrected chi connectivity index (χ1v) is 7.94. The molecule has 0 spiro atoms. The molecule has 1 aromatic carbocycles. The molecule has 1 amide bonds. The van der Waals surface area contributed by atoms with Gasteiger partial charge in [0.2, 0.25) is 5.91 Å². The summed E-state index contributed by atoms with van der Waals surface area (Å²) in [5.74, 6) is -1.93. The van der Waals surface area contributed by atoms with E-state index in [2.05, 4.69) is 5.32 Å². The Bertz CT molecular complexity index is 868. The Morgan fingerprint density at radius 2 is 2.00 bits per heavy atom. The number of amides is 1. The van der Waals surface area contributed by atoms with E-state index in [1.165, 1.54) is 12.1 Å². The van der Waals surface area contributed by atoms with Crippen molar-refractivity contribution < 1.29 is 24.2 Å². The van der Waals surface area contributed by atoms with Crippen molar-refractivity contribution in [2.24, 2.45) is 5.92 Å². The van der Waals surface area contributed by atoms with Gasteiger partial charge in [0.25, 0.3) is 0 Å². The highest BCUT2D eigenvalue weighted by Crippen LogP contribution is 2.23. The van der Waals surface area contributed by atoms with Crippen molar-refractivity contribution in [3.05, 3.63) is 39.7 Å². The highest BCUT2D eigenvalue weighted by atomic mass is 16.4. The third-order valence-electron chi connectivity index (χ3n) is 3.94. The van der Waals surface area contributed by atoms with Crippen LogP contribution in [0.1, 0.15) is 31.4 Å². The molecule has 7 heteroatoms. The van der Waals surface area contributed by atoms with Crippen LogP contribution in [0.15, 0.2) is 27.4 Å². The number of aryl methyl sites for hydroxylation is 1. The third-order valence-corrected chi connectivity index (χ3v) is 3.94. The highest BCUT2D eigenvalue weighted by Gasteiger charge is 2.19. The number of phenols is 1. The minimum Gasteiger partial charge on any atom is -0.548 e. The van der Waals surface area contributed by atoms with E-state index in [-0.39, 0.29) is 35.7 Å². The maximum Gasteiger partial charge on any atom is 0.340 e. The van der Waals surface area contributed by atoms with Gasteiger partial charge in [0, 0.05) is 11.5 Å². The molecule has 2 rings (SSSR count). The standard InChI is InChI=1S/C18H21NO6/c1-9(2)6-14(17(22)23)19-16(21)8-13-10(3)12-5-4-11(20)7-15(12)25-18(13)24/h4-5,7,9,14,20H,6,8H2,1-3H3,(H,19,21)(H,22,23)/p-1/t14-/m0/s1. The monoisotopic (exact) mass is 346 g/mol. The lowest BCUT2D eigenvalue weighted by Gasteiger charge is -2.21. The summed E-state index contributed by atoms with van der Waals surface area (Å²) in [6.07, 6.45) is -0.0640. The number of aliphatic carboxylic acids is 1. The maximum absolute atomic E-state index is 12.2. The maximum atomic E-state index is 12.2. The number of rotatable bonds is 6. The second-order valence-electron chi connectivity index (χ2n) is 6.42. The fourth-order valence-electron chi connectivity index (χ4n) is 2.68. The average Bonchev–Trinajstić information content (AvgIpc) is 2.49. The fraction of sp³-hybridized carbons (Fsp3) is 0.389. The fourth-order valence-corrected chi connectivity index (χ4v) is 2.68. The molecule has 0 saturated heterocycles. The Kier molecular flexibility index (Phi) is 5.46. The number of nitrogens with one attached hydrogen (secondary N) is 1. The van der Waals surface area contributed by atoms with E-state index in [9.17, 15) is 24.6 Å². The first kappa shape index (κ1) is 18.5. The number of benzene rings is 1. The van der Waals surface area contributed by atoms with Crippen molar-refractivity contribution in [2.45, 2.75) is 39.7 Å². The molecule has 0 aliphatic rings. The lowest BCUT2D eigenvalue weighted by molar-refractivity contribution is -0.308. The first-order valence-electron chi connectivity index (χ1n) is 7.94. The van der Waals surface area contributed by atoms with Crippen LogP contribution in [0.5, 0.6) is 5.75 Å². The minimum atomic E-state index is -1.36. The van der Waals surface area contributed by atoms with E-state index in [0.717, 1.165) is 0 Å². The number of carbonyl (C=O) groups excluding carboxylic acids is 2. The van der Waals surface area contributed by atoms with Gasteiger partial charge in [-0.25, -0.2) is 4.79 Å². The summed E-state index contributed by atoms with van der Waals surface area (Å²) >= 11 is 0. The van der Waals surface area contributed by atoms with E-state index in [1.807, 2.05) is 13.8 Å². The molecular formula is C18H20NO6-. The summed E-state index contributed by atoms with van der Waals surface area (Å²) in [6, 6.07) is 3.25. The predicted molar refractivity (Wildman–Crippen MR) is 89.0 cm³/mol. The largest absolute Gasteiger partial charge is 0.548 e. The van der Waals surface area contributed by atoms with Crippen molar-refractivity contribution in [1.29, 1.82) is 0 Å². The summed E-state index contributed by atoms with van der Waals surface area (Å²) < 4.78 is 5.15. The third kappa shape index (κ3) is 4.37. The van der Waals surface area contributed by atoms with Crippen molar-refractivity contribution in [3.8, 4) is 5.75 Å². The molecule has 7 nitrogen and oxygen atoms in total. The number of phenolic OH excluding ortho intramolecular Hbond substituents is 1. The SMILES string of the molecule is Cc1c(CC(=O)N[C@@H](CC(C)C)C(=O)[O-])c(=O)oc2cc(O)ccc12. The summed E-state index contributed by atoms with van der Waals surface area (Å²) in [4.78, 5) is 35.5. The average molecular weight is 346 g/mol. The van der Waals surface area contributed by atoms with E-state index >= 15 is 0 Å². The minimum absolute atomic E-state index is 0.0361. The molecule has 0 aliphatic heterocycles. The Morgan fingerprint density at radius 1 is 1.32 bits per heavy atom. The van der Waals surface area contributed by atoms with E-state index in [4.69, 9.17) is 4.42 Å². The van der Waals surface area contributed by atoms with Crippen molar-refractivity contribution in [3.63, 3.8) is 0 Å². The number of carbonyl (C=O) groups is 2. The summed E-state index contributed by atoms with van der Waals surface area (Å²) in [5.41, 5.74) is 0.228. The zero-order chi connectivity index (χ0) is 18.7. The summed E-state index contributed by atoms with van der Waals surface area (Å²) in [5, 5.41) is 23.6. The van der Waals surface area contributed by atoms with Crippen molar-refractivity contribution in [1.82, 2.24) is 5.32 Å². The van der Waals surface area contributed by atoms with Gasteiger partial charge in [-0.1, -0.05) is 13.8 Å². The smallest absolute Gasteiger partial charge is 0.340 e. The molecule has 0 saturated carbocycles. The molecule has 0 unspecified atom stereocenters. The predicted octanol–water partition coefficient (Wildman–Crippen LogP) is 0.630. The van der Waals surface area contributed by atoms with Crippen LogP contribution in [0.2, 0.25) is 0 Å². The van der Waals surface area contributed by atoms with Crippen LogP contribution in [-0.2, 0) is 16.0 Å². The quantitative estimate of drug-likeness (QED) is 0.740. The number of carboxylic acids is 1. The number of fused-ring (bicyclic) bond motifs is 1. The van der Waals surface area contributed by atoms with Crippen LogP contribution in [0.25, 0.3) is 11.0 Å². The zero-order valence-electron chi connectivity index (χ0n) is 14.3. The number of hydrogen-bond acceptors (Lipinski definition) is 6. The second kappa shape index (κ2) is 7.38. The van der Waals surface area contributed by atoms with Crippen LogP contribution in [-0.4, -0.2) is 23.0 Å². The van der Waals surface area contributed by atoms with Gasteiger partial charge in [0.1, 0.15) is 11.3 Å². The van der Waals surface area contributed by atoms with Gasteiger partial charge in [-0.15, -0.1) is 0 Å². The van der Waals surface area contributed by atoms with Gasteiger partial charge in [0.05, 0.1) is 24.0 Å². The molecule has 0 radical (unpaired) electrons. The molecule has 0 aliphatic carbocycles. The first-order chi connectivity index (χ1) is 11.7. The van der Waals surface area contributed by atoms with Gasteiger partial charge < -0.3 is 24.7 Å². The van der Waals surface area contributed by atoms with E-state index in [0.29, 0.717) is 10.9 Å². The molecule has 2 N–H and O–H groups in total. The lowest BCUT2D eigenvalue weighted by Crippen LogP contribution is -2.49.